The number of nitrogens with zero attached hydrogens (tertiary/aromatic N) is 2. The molecule has 3 heterocycles. The Bertz CT molecular complexity index is 1030. The molecule has 1 aliphatic heterocycles. The standard InChI is InChI=1S/C21H21N5O2S/c1-14-12-20(28)24-21(22-14)26-18(13-16(25-26)17-8-5-11-29-17)23-19(27)10-9-15-6-3-2-4-7-15/h2-11,13-14,21-22H,12H2,1H3,(H,23,27)(H,24,28)/b10-9+. The Kier molecular flexibility index (Phi) is 5.55. The number of carbonyl (C=O) groups excluding carboxylic acids is 2. The monoisotopic (exact) mass is 407 g/mol. The second-order valence-electron chi connectivity index (χ2n) is 6.81. The molecular weight excluding hydrogens is 386 g/mol. The van der Waals surface area contributed by atoms with E-state index in [1.807, 2.05) is 60.8 Å². The van der Waals surface area contributed by atoms with Crippen LogP contribution >= 0.6 is 11.3 Å². The number of aromatic nitrogens is 2. The molecule has 2 unspecified atom stereocenters. The summed E-state index contributed by atoms with van der Waals surface area (Å²) < 4.78 is 1.61. The zero-order valence-electron chi connectivity index (χ0n) is 15.8. The van der Waals surface area contributed by atoms with Gasteiger partial charge in [-0.3, -0.25) is 14.9 Å². The van der Waals surface area contributed by atoms with Crippen LogP contribution in [-0.2, 0) is 9.59 Å². The summed E-state index contributed by atoms with van der Waals surface area (Å²) >= 11 is 1.56. The first kappa shape index (κ1) is 19.1. The minimum atomic E-state index is -0.534. The molecule has 3 aromatic rings. The van der Waals surface area contributed by atoms with Crippen LogP contribution in [0.2, 0.25) is 0 Å². The Morgan fingerprint density at radius 2 is 2.10 bits per heavy atom. The van der Waals surface area contributed by atoms with Crippen molar-refractivity contribution in [2.75, 3.05) is 5.32 Å². The smallest absolute Gasteiger partial charge is 0.249 e. The number of hydrogen-bond donors (Lipinski definition) is 3. The molecule has 4 rings (SSSR count). The lowest BCUT2D eigenvalue weighted by Gasteiger charge is -2.30. The van der Waals surface area contributed by atoms with Crippen LogP contribution in [-0.4, -0.2) is 27.6 Å². The first-order chi connectivity index (χ1) is 14.1. The van der Waals surface area contributed by atoms with E-state index in [-0.39, 0.29) is 17.9 Å². The molecule has 2 amide bonds. The molecule has 148 valence electrons. The Morgan fingerprint density at radius 1 is 1.28 bits per heavy atom. The van der Waals surface area contributed by atoms with Gasteiger partial charge in [0.25, 0.3) is 0 Å². The minimum Gasteiger partial charge on any atom is -0.322 e. The lowest BCUT2D eigenvalue weighted by atomic mass is 10.2. The van der Waals surface area contributed by atoms with E-state index < -0.39 is 6.29 Å². The maximum atomic E-state index is 12.5. The van der Waals surface area contributed by atoms with Gasteiger partial charge in [-0.15, -0.1) is 11.3 Å². The van der Waals surface area contributed by atoms with Gasteiger partial charge in [-0.25, -0.2) is 4.68 Å². The van der Waals surface area contributed by atoms with Crippen molar-refractivity contribution >= 4 is 35.0 Å². The van der Waals surface area contributed by atoms with Gasteiger partial charge in [0.05, 0.1) is 4.88 Å². The van der Waals surface area contributed by atoms with Crippen molar-refractivity contribution in [2.24, 2.45) is 0 Å². The van der Waals surface area contributed by atoms with Crippen LogP contribution in [0.4, 0.5) is 5.82 Å². The summed E-state index contributed by atoms with van der Waals surface area (Å²) in [5, 5.41) is 15.6. The van der Waals surface area contributed by atoms with E-state index in [9.17, 15) is 9.59 Å². The average molecular weight is 407 g/mol. The van der Waals surface area contributed by atoms with Crippen molar-refractivity contribution in [2.45, 2.75) is 25.7 Å². The van der Waals surface area contributed by atoms with Crippen LogP contribution in [0.15, 0.2) is 60.0 Å². The molecule has 29 heavy (non-hydrogen) atoms. The molecule has 3 N–H and O–H groups in total. The maximum Gasteiger partial charge on any atom is 0.249 e. The lowest BCUT2D eigenvalue weighted by Crippen LogP contribution is -2.52. The molecule has 0 bridgehead atoms. The average Bonchev–Trinajstić information content (AvgIpc) is 3.36. The van der Waals surface area contributed by atoms with Crippen molar-refractivity contribution in [1.29, 1.82) is 0 Å². The normalized spacial score (nSPS) is 19.3. The summed E-state index contributed by atoms with van der Waals surface area (Å²) in [6, 6.07) is 15.3. The number of carbonyl (C=O) groups is 2. The quantitative estimate of drug-likeness (QED) is 0.567. The molecule has 0 aliphatic carbocycles. The summed E-state index contributed by atoms with van der Waals surface area (Å²) in [4.78, 5) is 25.5. The summed E-state index contributed by atoms with van der Waals surface area (Å²) in [7, 11) is 0. The van der Waals surface area contributed by atoms with Gasteiger partial charge in [0.2, 0.25) is 11.8 Å². The summed E-state index contributed by atoms with van der Waals surface area (Å²) in [5.74, 6) is 0.168. The van der Waals surface area contributed by atoms with Gasteiger partial charge >= 0.3 is 0 Å². The molecule has 1 aliphatic rings. The third-order valence-corrected chi connectivity index (χ3v) is 5.36. The summed E-state index contributed by atoms with van der Waals surface area (Å²) in [6.07, 6.45) is 3.09. The van der Waals surface area contributed by atoms with E-state index in [4.69, 9.17) is 0 Å². The first-order valence-electron chi connectivity index (χ1n) is 9.31. The third-order valence-electron chi connectivity index (χ3n) is 4.46. The zero-order chi connectivity index (χ0) is 20.2. The summed E-state index contributed by atoms with van der Waals surface area (Å²) in [5.41, 5.74) is 1.67. The lowest BCUT2D eigenvalue weighted by molar-refractivity contribution is -0.125. The predicted molar refractivity (Wildman–Crippen MR) is 114 cm³/mol. The highest BCUT2D eigenvalue weighted by Crippen LogP contribution is 2.28. The van der Waals surface area contributed by atoms with Gasteiger partial charge in [0.15, 0.2) is 6.29 Å². The van der Waals surface area contributed by atoms with Crippen LogP contribution in [0.25, 0.3) is 16.6 Å². The fourth-order valence-corrected chi connectivity index (χ4v) is 3.81. The highest BCUT2D eigenvalue weighted by atomic mass is 32.1. The highest BCUT2D eigenvalue weighted by Gasteiger charge is 2.27. The Morgan fingerprint density at radius 3 is 2.83 bits per heavy atom. The Labute approximate surface area is 172 Å². The molecule has 0 radical (unpaired) electrons. The van der Waals surface area contributed by atoms with Gasteiger partial charge in [0.1, 0.15) is 11.5 Å². The van der Waals surface area contributed by atoms with Gasteiger partial charge < -0.3 is 10.6 Å². The van der Waals surface area contributed by atoms with Crippen LogP contribution in [0.5, 0.6) is 0 Å². The van der Waals surface area contributed by atoms with E-state index >= 15 is 0 Å². The molecule has 1 aromatic carbocycles. The molecule has 1 saturated heterocycles. The summed E-state index contributed by atoms with van der Waals surface area (Å²) in [6.45, 7) is 1.94. The predicted octanol–water partition coefficient (Wildman–Crippen LogP) is 3.22. The number of thiophene rings is 1. The minimum absolute atomic E-state index is 0.00432. The number of anilines is 1. The maximum absolute atomic E-state index is 12.5. The van der Waals surface area contributed by atoms with Crippen LogP contribution in [0, 0.1) is 0 Å². The van der Waals surface area contributed by atoms with Gasteiger partial charge in [-0.1, -0.05) is 36.4 Å². The Balaban J connectivity index is 1.59. The van der Waals surface area contributed by atoms with Gasteiger partial charge in [-0.05, 0) is 30.0 Å². The Hall–Kier alpha value is -3.23. The largest absolute Gasteiger partial charge is 0.322 e. The van der Waals surface area contributed by atoms with Crippen molar-refractivity contribution in [3.8, 4) is 10.6 Å². The molecule has 0 saturated carbocycles. The van der Waals surface area contributed by atoms with E-state index in [1.165, 1.54) is 6.08 Å². The number of rotatable bonds is 5. The molecule has 7 nitrogen and oxygen atoms in total. The van der Waals surface area contributed by atoms with E-state index in [0.717, 1.165) is 16.1 Å². The number of hydrogen-bond acceptors (Lipinski definition) is 5. The van der Waals surface area contributed by atoms with Crippen LogP contribution in [0.3, 0.4) is 0 Å². The highest BCUT2D eigenvalue weighted by molar-refractivity contribution is 7.13. The fraction of sp³-hybridized carbons (Fsp3) is 0.190. The third kappa shape index (κ3) is 4.61. The molecule has 8 heteroatoms. The molecule has 2 atom stereocenters. The first-order valence-corrected chi connectivity index (χ1v) is 10.2. The number of nitrogens with one attached hydrogen (secondary N) is 3. The van der Waals surface area contributed by atoms with Crippen molar-refractivity contribution in [3.63, 3.8) is 0 Å². The van der Waals surface area contributed by atoms with E-state index in [0.29, 0.717) is 12.2 Å². The van der Waals surface area contributed by atoms with E-state index in [2.05, 4.69) is 21.0 Å². The molecule has 2 aromatic heterocycles. The van der Waals surface area contributed by atoms with Crippen LogP contribution < -0.4 is 16.0 Å². The number of benzene rings is 1. The van der Waals surface area contributed by atoms with Crippen molar-refractivity contribution in [1.82, 2.24) is 20.4 Å². The fourth-order valence-electron chi connectivity index (χ4n) is 3.12. The SMILES string of the molecule is CC1CC(=O)NC(n2nc(-c3cccs3)cc2NC(=O)/C=C/c2ccccc2)N1. The molecule has 0 spiro atoms. The van der Waals surface area contributed by atoms with Crippen molar-refractivity contribution < 1.29 is 9.59 Å². The van der Waals surface area contributed by atoms with E-state index in [1.54, 1.807) is 22.1 Å². The molecular formula is C21H21N5O2S. The molecule has 1 fully saturated rings. The second kappa shape index (κ2) is 8.42. The van der Waals surface area contributed by atoms with Crippen LogP contribution in [0.1, 0.15) is 25.2 Å². The second-order valence-corrected chi connectivity index (χ2v) is 7.76. The topological polar surface area (TPSA) is 88.1 Å². The van der Waals surface area contributed by atoms with Crippen molar-refractivity contribution in [3.05, 3.63) is 65.6 Å². The van der Waals surface area contributed by atoms with Gasteiger partial charge in [0, 0.05) is 24.6 Å². The number of amides is 2. The van der Waals surface area contributed by atoms with Gasteiger partial charge in [-0.2, -0.15) is 5.10 Å². The zero-order valence-corrected chi connectivity index (χ0v) is 16.6.